The molecule has 0 saturated heterocycles. The zero-order chi connectivity index (χ0) is 11.9. The largest absolute Gasteiger partial charge is 0.652 e. The van der Waals surface area contributed by atoms with Crippen molar-refractivity contribution in [2.45, 2.75) is 6.54 Å². The van der Waals surface area contributed by atoms with Crippen molar-refractivity contribution < 1.29 is 19.5 Å². The van der Waals surface area contributed by atoms with Crippen LogP contribution in [-0.2, 0) is 6.54 Å². The molecule has 0 atom stereocenters. The second-order valence-corrected chi connectivity index (χ2v) is 4.18. The Bertz CT molecular complexity index is 286. The van der Waals surface area contributed by atoms with Crippen LogP contribution in [0.2, 0.25) is 0 Å². The standard InChI is InChI=1S/C10H16N.CH2O3/c1-11(2,3)9-10-7-5-4-6-8-10;2-1(3)4/h4-8H,9H2,1-3H3;(H2,2,3,4)/q+1;/p-2. The Hall–Kier alpha value is -1.55. The van der Waals surface area contributed by atoms with Gasteiger partial charge in [-0.2, -0.15) is 0 Å². The van der Waals surface area contributed by atoms with Gasteiger partial charge in [0.15, 0.2) is 0 Å². The third-order valence-electron chi connectivity index (χ3n) is 1.50. The zero-order valence-corrected chi connectivity index (χ0v) is 9.27. The Morgan fingerprint density at radius 1 is 1.13 bits per heavy atom. The van der Waals surface area contributed by atoms with Gasteiger partial charge in [-0.3, -0.25) is 0 Å². The number of nitrogens with zero attached hydrogens (tertiary/aromatic N) is 1. The summed E-state index contributed by atoms with van der Waals surface area (Å²) in [4.78, 5) is 8.33. The molecule has 15 heavy (non-hydrogen) atoms. The maximum atomic E-state index is 8.33. The van der Waals surface area contributed by atoms with E-state index in [0.29, 0.717) is 0 Å². The molecule has 0 saturated carbocycles. The average molecular weight is 210 g/mol. The maximum absolute atomic E-state index is 8.33. The smallest absolute Gasteiger partial charge is 0.104 e. The summed E-state index contributed by atoms with van der Waals surface area (Å²) in [7, 11) is 6.60. The summed E-state index contributed by atoms with van der Waals surface area (Å²) >= 11 is 0. The predicted octanol–water partition coefficient (Wildman–Crippen LogP) is -0.554. The van der Waals surface area contributed by atoms with Crippen molar-refractivity contribution in [2.75, 3.05) is 21.1 Å². The summed E-state index contributed by atoms with van der Waals surface area (Å²) in [5.41, 5.74) is 1.40. The molecule has 0 aliphatic carbocycles. The first kappa shape index (κ1) is 13.4. The Morgan fingerprint density at radius 2 is 1.53 bits per heavy atom. The topological polar surface area (TPSA) is 63.2 Å². The van der Waals surface area contributed by atoms with Gasteiger partial charge in [-0.25, -0.2) is 0 Å². The second-order valence-electron chi connectivity index (χ2n) is 4.18. The molecule has 0 fully saturated rings. The average Bonchev–Trinajstić information content (AvgIpc) is 2.01. The number of benzene rings is 1. The number of carboxylic acid groups (broad SMARTS) is 2. The molecular weight excluding hydrogens is 194 g/mol. The van der Waals surface area contributed by atoms with Gasteiger partial charge in [0.25, 0.3) is 0 Å². The van der Waals surface area contributed by atoms with Crippen LogP contribution in [0.4, 0.5) is 4.79 Å². The lowest BCUT2D eigenvalue weighted by atomic mass is 10.2. The summed E-state index contributed by atoms with van der Waals surface area (Å²) in [5.74, 6) is 0. The molecule has 0 amide bonds. The highest BCUT2D eigenvalue weighted by molar-refractivity contribution is 5.47. The van der Waals surface area contributed by atoms with Crippen LogP contribution in [0.15, 0.2) is 30.3 Å². The maximum Gasteiger partial charge on any atom is 0.104 e. The summed E-state index contributed by atoms with van der Waals surface area (Å²) in [6.45, 7) is 1.10. The summed E-state index contributed by atoms with van der Waals surface area (Å²) in [5, 5.41) is 16.7. The Labute approximate surface area is 90.0 Å². The molecule has 0 heterocycles. The van der Waals surface area contributed by atoms with Crippen molar-refractivity contribution in [1.29, 1.82) is 0 Å². The number of carbonyl (C=O) groups excluding carboxylic acids is 1. The van der Waals surface area contributed by atoms with Crippen LogP contribution in [0.1, 0.15) is 5.56 Å². The predicted molar refractivity (Wildman–Crippen MR) is 53.6 cm³/mol. The molecule has 1 aromatic rings. The van der Waals surface area contributed by atoms with Crippen molar-refractivity contribution in [3.05, 3.63) is 35.9 Å². The molecular formula is C11H16NO3-. The van der Waals surface area contributed by atoms with Crippen LogP contribution >= 0.6 is 0 Å². The van der Waals surface area contributed by atoms with Gasteiger partial charge in [-0.15, -0.1) is 0 Å². The molecule has 1 rings (SSSR count). The monoisotopic (exact) mass is 210 g/mol. The van der Waals surface area contributed by atoms with Gasteiger partial charge in [0, 0.05) is 5.56 Å². The summed E-state index contributed by atoms with van der Waals surface area (Å²) in [6.07, 6.45) is -2.33. The first-order valence-corrected chi connectivity index (χ1v) is 4.53. The van der Waals surface area contributed by atoms with E-state index in [-0.39, 0.29) is 0 Å². The van der Waals surface area contributed by atoms with Crippen molar-refractivity contribution in [1.82, 2.24) is 0 Å². The summed E-state index contributed by atoms with van der Waals surface area (Å²) < 4.78 is 0.990. The van der Waals surface area contributed by atoms with Crippen LogP contribution in [0.5, 0.6) is 0 Å². The number of carbonyl (C=O) groups is 1. The first-order chi connectivity index (χ1) is 6.81. The fraction of sp³-hybridized carbons (Fsp3) is 0.364. The fourth-order valence-corrected chi connectivity index (χ4v) is 1.13. The molecule has 84 valence electrons. The van der Waals surface area contributed by atoms with Crippen LogP contribution in [-0.4, -0.2) is 31.8 Å². The molecule has 0 N–H and O–H groups in total. The molecule has 4 nitrogen and oxygen atoms in total. The van der Waals surface area contributed by atoms with Gasteiger partial charge in [0.2, 0.25) is 0 Å². The van der Waals surface area contributed by atoms with Crippen molar-refractivity contribution in [3.8, 4) is 0 Å². The lowest BCUT2D eigenvalue weighted by Gasteiger charge is -2.23. The van der Waals surface area contributed by atoms with Gasteiger partial charge in [0.05, 0.1) is 21.1 Å². The Morgan fingerprint density at radius 3 is 1.87 bits per heavy atom. The van der Waals surface area contributed by atoms with E-state index in [1.165, 1.54) is 5.56 Å². The minimum Gasteiger partial charge on any atom is -0.652 e. The van der Waals surface area contributed by atoms with Gasteiger partial charge >= 0.3 is 0 Å². The van der Waals surface area contributed by atoms with Gasteiger partial charge in [-0.05, 0) is 6.16 Å². The molecule has 0 radical (unpaired) electrons. The third-order valence-corrected chi connectivity index (χ3v) is 1.50. The Balaban J connectivity index is 0.000000423. The fourth-order valence-electron chi connectivity index (χ4n) is 1.13. The van der Waals surface area contributed by atoms with Crippen molar-refractivity contribution in [2.24, 2.45) is 0 Å². The van der Waals surface area contributed by atoms with E-state index in [4.69, 9.17) is 15.0 Å². The van der Waals surface area contributed by atoms with E-state index < -0.39 is 6.16 Å². The number of rotatable bonds is 2. The first-order valence-electron chi connectivity index (χ1n) is 4.53. The van der Waals surface area contributed by atoms with E-state index in [0.717, 1.165) is 11.0 Å². The lowest BCUT2D eigenvalue weighted by molar-refractivity contribution is -0.884. The van der Waals surface area contributed by atoms with Crippen molar-refractivity contribution in [3.63, 3.8) is 0 Å². The van der Waals surface area contributed by atoms with E-state index in [2.05, 4.69) is 51.5 Å². The Kier molecular flexibility index (Phi) is 5.41. The molecule has 0 aliphatic rings. The van der Waals surface area contributed by atoms with Crippen LogP contribution in [0.3, 0.4) is 0 Å². The molecule has 0 aromatic heterocycles. The third kappa shape index (κ3) is 10.4. The zero-order valence-electron chi connectivity index (χ0n) is 9.27. The van der Waals surface area contributed by atoms with E-state index in [1.54, 1.807) is 0 Å². The highest BCUT2D eigenvalue weighted by Crippen LogP contribution is 2.04. The molecule has 1 aromatic carbocycles. The number of hydrogen-bond donors (Lipinski definition) is 0. The van der Waals surface area contributed by atoms with Crippen LogP contribution < -0.4 is 10.2 Å². The van der Waals surface area contributed by atoms with E-state index in [1.807, 2.05) is 0 Å². The second kappa shape index (κ2) is 6.03. The number of hydrogen-bond acceptors (Lipinski definition) is 3. The van der Waals surface area contributed by atoms with Crippen LogP contribution in [0.25, 0.3) is 0 Å². The van der Waals surface area contributed by atoms with E-state index >= 15 is 0 Å². The normalized spacial score (nSPS) is 10.1. The molecule has 0 bridgehead atoms. The van der Waals surface area contributed by atoms with E-state index in [9.17, 15) is 0 Å². The molecule has 0 unspecified atom stereocenters. The minimum atomic E-state index is -2.33. The van der Waals surface area contributed by atoms with Gasteiger partial charge in [-0.1, -0.05) is 30.3 Å². The van der Waals surface area contributed by atoms with Crippen molar-refractivity contribution >= 4 is 6.16 Å². The molecule has 0 aliphatic heterocycles. The van der Waals surface area contributed by atoms with Gasteiger partial charge < -0.3 is 19.5 Å². The number of quaternary nitrogens is 1. The molecule has 4 heteroatoms. The quantitative estimate of drug-likeness (QED) is 0.615. The highest BCUT2D eigenvalue weighted by atomic mass is 16.6. The summed E-state index contributed by atoms with van der Waals surface area (Å²) in [6, 6.07) is 10.6. The molecule has 0 spiro atoms. The lowest BCUT2D eigenvalue weighted by Crippen LogP contribution is -2.37. The SMILES string of the molecule is C[N+](C)(C)Cc1ccccc1.O=C([O-])[O-]. The van der Waals surface area contributed by atoms with Gasteiger partial charge in [0.1, 0.15) is 6.54 Å². The highest BCUT2D eigenvalue weighted by Gasteiger charge is 2.06. The van der Waals surface area contributed by atoms with Crippen LogP contribution in [0, 0.1) is 0 Å². The minimum absolute atomic E-state index is 0.990.